The summed E-state index contributed by atoms with van der Waals surface area (Å²) in [6, 6.07) is 9.24. The molecule has 0 radical (unpaired) electrons. The normalized spacial score (nSPS) is 20.2. The van der Waals surface area contributed by atoms with Crippen LogP contribution in [0, 0.1) is 5.92 Å². The number of carbonyl (C=O) groups is 2. The maximum absolute atomic E-state index is 14.1. The lowest BCUT2D eigenvalue weighted by atomic mass is 9.82. The summed E-state index contributed by atoms with van der Waals surface area (Å²) in [6.45, 7) is 9.49. The summed E-state index contributed by atoms with van der Waals surface area (Å²) >= 11 is 0. The van der Waals surface area contributed by atoms with Gasteiger partial charge in [0, 0.05) is 12.8 Å². The Morgan fingerprint density at radius 1 is 1.12 bits per heavy atom. The van der Waals surface area contributed by atoms with Crippen molar-refractivity contribution >= 4 is 31.5 Å². The zero-order valence-corrected chi connectivity index (χ0v) is 29.2. The Morgan fingerprint density at radius 2 is 1.80 bits per heavy atom. The van der Waals surface area contributed by atoms with Crippen LogP contribution < -0.4 is 10.6 Å². The molecule has 9 nitrogen and oxygen atoms in total. The first kappa shape index (κ1) is 36.6. The molecule has 2 fully saturated rings. The van der Waals surface area contributed by atoms with E-state index in [0.717, 1.165) is 10.5 Å². The smallest absolute Gasteiger partial charge is 0.410 e. The van der Waals surface area contributed by atoms with Crippen molar-refractivity contribution in [1.82, 2.24) is 20.5 Å². The number of hydrogen-bond donors (Lipinski definition) is 2. The van der Waals surface area contributed by atoms with E-state index in [4.69, 9.17) is 13.6 Å². The van der Waals surface area contributed by atoms with Crippen LogP contribution in [0.3, 0.4) is 0 Å². The van der Waals surface area contributed by atoms with E-state index in [-0.39, 0.29) is 49.8 Å². The van der Waals surface area contributed by atoms with Gasteiger partial charge in [-0.2, -0.15) is 13.2 Å². The van der Waals surface area contributed by atoms with Crippen LogP contribution in [0.2, 0.25) is 18.1 Å². The fourth-order valence-corrected chi connectivity index (χ4v) is 6.86. The van der Waals surface area contributed by atoms with E-state index in [1.54, 1.807) is 30.3 Å². The number of hydrogen-bond acceptors (Lipinski definition) is 6. The molecule has 2 heterocycles. The third kappa shape index (κ3) is 8.72. The van der Waals surface area contributed by atoms with Gasteiger partial charge in [-0.05, 0) is 60.2 Å². The summed E-state index contributed by atoms with van der Waals surface area (Å²) in [6.07, 6.45) is -5.89. The number of fused-ring (bicyclic) bond motifs is 1. The summed E-state index contributed by atoms with van der Waals surface area (Å²) in [4.78, 5) is 31.6. The lowest BCUT2D eigenvalue weighted by molar-refractivity contribution is -0.150. The number of nitrogens with one attached hydrogen (secondary N) is 2. The average molecular weight is 711 g/mol. The Bertz CT molecular complexity index is 1620. The van der Waals surface area contributed by atoms with Crippen molar-refractivity contribution in [1.29, 1.82) is 0 Å². The van der Waals surface area contributed by atoms with Gasteiger partial charge in [-0.3, -0.25) is 0 Å². The number of amides is 3. The van der Waals surface area contributed by atoms with Crippen molar-refractivity contribution in [2.75, 3.05) is 13.2 Å². The van der Waals surface area contributed by atoms with Crippen LogP contribution in [-0.2, 0) is 15.8 Å². The fraction of sp³-hybridized carbons (Fsp3) is 0.559. The van der Waals surface area contributed by atoms with E-state index < -0.39 is 63.1 Å². The number of rotatable bonds is 10. The van der Waals surface area contributed by atoms with E-state index in [9.17, 15) is 31.5 Å². The summed E-state index contributed by atoms with van der Waals surface area (Å²) in [5.74, 6) is -3.14. The van der Waals surface area contributed by atoms with E-state index in [1.165, 1.54) is 0 Å². The number of alkyl halides is 5. The molecule has 0 unspecified atom stereocenters. The van der Waals surface area contributed by atoms with Gasteiger partial charge in [-0.1, -0.05) is 57.2 Å². The Hall–Kier alpha value is -3.72. The molecule has 2 aromatic carbocycles. The highest BCUT2D eigenvalue weighted by Gasteiger charge is 2.49. The standard InChI is InChI=1S/C34H43F5N4O5Si/c1-32(2,3)49(4,5)47-20-25(43-18-27(34(37,38)39)41-30(43)44)23-11-12-26-24(17-23)40-29(48-26)28(22-13-15-33(35,36)16-14-22)42-31(45)46-19-21-9-7-6-8-10-21/h6-12,17,22,25,27-28H,13-16,18-20H2,1-5H3,(H,41,44)(H,42,45)/t25-,27-,28-/m0/s1. The molecule has 1 aliphatic carbocycles. The monoisotopic (exact) mass is 710 g/mol. The number of urea groups is 1. The Morgan fingerprint density at radius 3 is 2.41 bits per heavy atom. The molecule has 1 saturated carbocycles. The van der Waals surface area contributed by atoms with E-state index in [2.05, 4.69) is 10.3 Å². The molecule has 1 saturated heterocycles. The third-order valence-electron chi connectivity index (χ3n) is 9.92. The predicted octanol–water partition coefficient (Wildman–Crippen LogP) is 8.64. The lowest BCUT2D eigenvalue weighted by Crippen LogP contribution is -2.44. The molecule has 49 heavy (non-hydrogen) atoms. The molecule has 268 valence electrons. The number of benzene rings is 2. The van der Waals surface area contributed by atoms with Gasteiger partial charge in [0.1, 0.15) is 24.2 Å². The lowest BCUT2D eigenvalue weighted by Gasteiger charge is -2.38. The number of nitrogens with zero attached hydrogens (tertiary/aromatic N) is 2. The molecule has 15 heteroatoms. The van der Waals surface area contributed by atoms with Crippen LogP contribution in [-0.4, -0.2) is 61.6 Å². The molecule has 1 aliphatic heterocycles. The van der Waals surface area contributed by atoms with Crippen molar-refractivity contribution in [2.45, 2.75) is 101 Å². The average Bonchev–Trinajstić information content (AvgIpc) is 3.62. The van der Waals surface area contributed by atoms with E-state index in [0.29, 0.717) is 16.7 Å². The second kappa shape index (κ2) is 13.9. The number of oxazole rings is 1. The van der Waals surface area contributed by atoms with Crippen LogP contribution in [0.1, 0.15) is 75.6 Å². The minimum Gasteiger partial charge on any atom is -0.445 e. The molecule has 3 aromatic rings. The second-order valence-corrected chi connectivity index (χ2v) is 19.2. The minimum absolute atomic E-state index is 0.00331. The molecule has 3 amide bonds. The van der Waals surface area contributed by atoms with Gasteiger partial charge in [0.15, 0.2) is 13.9 Å². The predicted molar refractivity (Wildman–Crippen MR) is 174 cm³/mol. The quantitative estimate of drug-likeness (QED) is 0.161. The first-order chi connectivity index (χ1) is 22.8. The van der Waals surface area contributed by atoms with Gasteiger partial charge in [-0.15, -0.1) is 0 Å². The van der Waals surface area contributed by atoms with Crippen LogP contribution in [0.4, 0.5) is 31.5 Å². The topological polar surface area (TPSA) is 106 Å². The Kier molecular flexibility index (Phi) is 10.4. The summed E-state index contributed by atoms with van der Waals surface area (Å²) in [7, 11) is -2.39. The maximum Gasteiger partial charge on any atom is 0.410 e. The number of ether oxygens (including phenoxy) is 1. The van der Waals surface area contributed by atoms with Gasteiger partial charge < -0.3 is 29.1 Å². The van der Waals surface area contributed by atoms with E-state index >= 15 is 0 Å². The molecule has 0 bridgehead atoms. The fourth-order valence-electron chi connectivity index (χ4n) is 5.85. The van der Waals surface area contributed by atoms with Crippen LogP contribution >= 0.6 is 0 Å². The third-order valence-corrected chi connectivity index (χ3v) is 14.4. The molecular weight excluding hydrogens is 667 g/mol. The Balaban J connectivity index is 1.44. The van der Waals surface area contributed by atoms with Gasteiger partial charge in [0.2, 0.25) is 11.8 Å². The van der Waals surface area contributed by atoms with Gasteiger partial charge >= 0.3 is 18.3 Å². The van der Waals surface area contributed by atoms with E-state index in [1.807, 2.05) is 57.4 Å². The van der Waals surface area contributed by atoms with Crippen LogP contribution in [0.25, 0.3) is 11.1 Å². The number of carbonyl (C=O) groups excluding carboxylic acids is 2. The maximum atomic E-state index is 14.1. The highest BCUT2D eigenvalue weighted by molar-refractivity contribution is 6.74. The highest BCUT2D eigenvalue weighted by atomic mass is 28.4. The zero-order chi connectivity index (χ0) is 35.8. The Labute approximate surface area is 283 Å². The van der Waals surface area contributed by atoms with Crippen molar-refractivity contribution in [3.63, 3.8) is 0 Å². The van der Waals surface area contributed by atoms with Crippen molar-refractivity contribution < 1.29 is 45.1 Å². The molecule has 2 aliphatic rings. The van der Waals surface area contributed by atoms with Crippen molar-refractivity contribution in [2.24, 2.45) is 5.92 Å². The number of halogens is 5. The highest BCUT2D eigenvalue weighted by Crippen LogP contribution is 2.43. The van der Waals surface area contributed by atoms with Gasteiger partial charge in [0.25, 0.3) is 0 Å². The number of alkyl carbamates (subject to hydrolysis) is 1. The van der Waals surface area contributed by atoms with Gasteiger partial charge in [-0.25, -0.2) is 23.4 Å². The summed E-state index contributed by atoms with van der Waals surface area (Å²) in [5, 5.41) is 4.61. The second-order valence-electron chi connectivity index (χ2n) is 14.4. The molecule has 1 aromatic heterocycles. The molecule has 5 rings (SSSR count). The molecule has 3 atom stereocenters. The largest absolute Gasteiger partial charge is 0.445 e. The van der Waals surface area contributed by atoms with Gasteiger partial charge in [0.05, 0.1) is 19.2 Å². The number of aromatic nitrogens is 1. The summed E-state index contributed by atoms with van der Waals surface area (Å²) < 4.78 is 87.0. The minimum atomic E-state index is -4.63. The molecular formula is C34H43F5N4O5Si. The van der Waals surface area contributed by atoms with Crippen LogP contribution in [0.5, 0.6) is 0 Å². The molecule has 0 spiro atoms. The van der Waals surface area contributed by atoms with Crippen molar-refractivity contribution in [3.05, 3.63) is 65.5 Å². The SMILES string of the molecule is CC(C)(C)[Si](C)(C)OC[C@@H](c1ccc2oc([C@@H](NC(=O)OCc3ccccc3)C3CCC(F)(F)CC3)nc2c1)N1C[C@@H](C(F)(F)F)NC1=O. The first-order valence-electron chi connectivity index (χ1n) is 16.4. The zero-order valence-electron chi connectivity index (χ0n) is 28.2. The van der Waals surface area contributed by atoms with Crippen molar-refractivity contribution in [3.8, 4) is 0 Å². The van der Waals surface area contributed by atoms with Crippen LogP contribution in [0.15, 0.2) is 52.9 Å². The summed E-state index contributed by atoms with van der Waals surface area (Å²) in [5.41, 5.74) is 1.88. The molecule has 2 N–H and O–H groups in total. The first-order valence-corrected chi connectivity index (χ1v) is 19.3.